The summed E-state index contributed by atoms with van der Waals surface area (Å²) in [5.74, 6) is -0.0180. The highest BCUT2D eigenvalue weighted by Gasteiger charge is 2.19. The van der Waals surface area contributed by atoms with E-state index < -0.39 is 15.9 Å². The average molecular weight is 337 g/mol. The van der Waals surface area contributed by atoms with Crippen LogP contribution in [0.5, 0.6) is 0 Å². The fourth-order valence-electron chi connectivity index (χ4n) is 2.53. The fraction of sp³-hybridized carbons (Fsp3) is 0.500. The number of carbonyl (C=O) groups is 1. The Kier molecular flexibility index (Phi) is 5.54. The van der Waals surface area contributed by atoms with Gasteiger partial charge in [0.05, 0.1) is 4.90 Å². The summed E-state index contributed by atoms with van der Waals surface area (Å²) >= 11 is 0. The van der Waals surface area contributed by atoms with Crippen LogP contribution < -0.4 is 5.43 Å². The quantitative estimate of drug-likeness (QED) is 0.856. The van der Waals surface area contributed by atoms with Gasteiger partial charge in [0.2, 0.25) is 10.0 Å². The molecule has 1 aromatic carbocycles. The standard InChI is InChI=1S/C16H23N3O3S/c1-12-7-4-5-10-15(12)17-18-16(20)13-8-6-9-14(11-13)23(21,22)19(2)3/h6,8-9,11-12H,4-5,7,10H2,1-3H3,(H,18,20)/b17-15-/t12-/m0/s1. The van der Waals surface area contributed by atoms with Crippen LogP contribution in [0, 0.1) is 5.92 Å². The van der Waals surface area contributed by atoms with Crippen LogP contribution in [0.1, 0.15) is 43.0 Å². The number of hydrogen-bond acceptors (Lipinski definition) is 4. The molecule has 1 aliphatic rings. The summed E-state index contributed by atoms with van der Waals surface area (Å²) < 4.78 is 25.4. The van der Waals surface area contributed by atoms with E-state index in [0.717, 1.165) is 29.3 Å². The molecule has 6 nitrogen and oxygen atoms in total. The summed E-state index contributed by atoms with van der Waals surface area (Å²) in [6, 6.07) is 5.98. The van der Waals surface area contributed by atoms with Gasteiger partial charge in [0.15, 0.2) is 0 Å². The van der Waals surface area contributed by atoms with Gasteiger partial charge < -0.3 is 0 Å². The highest BCUT2D eigenvalue weighted by Crippen LogP contribution is 2.21. The maximum absolute atomic E-state index is 12.2. The number of nitrogens with zero attached hydrogens (tertiary/aromatic N) is 2. The molecule has 0 radical (unpaired) electrons. The number of amides is 1. The molecule has 1 saturated carbocycles. The number of hydrogen-bond donors (Lipinski definition) is 1. The highest BCUT2D eigenvalue weighted by molar-refractivity contribution is 7.89. The molecule has 7 heteroatoms. The van der Waals surface area contributed by atoms with Crippen molar-refractivity contribution < 1.29 is 13.2 Å². The molecule has 126 valence electrons. The number of sulfonamides is 1. The molecule has 0 heterocycles. The van der Waals surface area contributed by atoms with Crippen molar-refractivity contribution in [2.24, 2.45) is 11.0 Å². The number of carbonyl (C=O) groups excluding carboxylic acids is 1. The van der Waals surface area contributed by atoms with Gasteiger partial charge in [-0.1, -0.05) is 19.4 Å². The Morgan fingerprint density at radius 2 is 2.04 bits per heavy atom. The lowest BCUT2D eigenvalue weighted by Gasteiger charge is -2.19. The molecule has 1 aromatic rings. The molecule has 1 fully saturated rings. The molecule has 2 rings (SSSR count). The first-order valence-electron chi connectivity index (χ1n) is 7.71. The van der Waals surface area contributed by atoms with Crippen LogP contribution in [-0.2, 0) is 10.0 Å². The van der Waals surface area contributed by atoms with Gasteiger partial charge in [-0.15, -0.1) is 0 Å². The predicted molar refractivity (Wildman–Crippen MR) is 89.8 cm³/mol. The molecule has 1 aliphatic carbocycles. The van der Waals surface area contributed by atoms with Crippen LogP contribution in [0.2, 0.25) is 0 Å². The molecule has 0 spiro atoms. The van der Waals surface area contributed by atoms with Crippen LogP contribution >= 0.6 is 0 Å². The molecule has 1 amide bonds. The van der Waals surface area contributed by atoms with Gasteiger partial charge in [0.25, 0.3) is 5.91 Å². The van der Waals surface area contributed by atoms with Gasteiger partial charge in [-0.3, -0.25) is 4.79 Å². The van der Waals surface area contributed by atoms with Crippen molar-refractivity contribution >= 4 is 21.6 Å². The first-order valence-corrected chi connectivity index (χ1v) is 9.16. The summed E-state index contributed by atoms with van der Waals surface area (Å²) in [5.41, 5.74) is 3.83. The van der Waals surface area contributed by atoms with E-state index in [9.17, 15) is 13.2 Å². The Hall–Kier alpha value is -1.73. The minimum Gasteiger partial charge on any atom is -0.267 e. The smallest absolute Gasteiger partial charge is 0.267 e. The Morgan fingerprint density at radius 1 is 1.30 bits per heavy atom. The van der Waals surface area contributed by atoms with Crippen molar-refractivity contribution in [3.63, 3.8) is 0 Å². The molecule has 0 unspecified atom stereocenters. The van der Waals surface area contributed by atoms with E-state index in [1.54, 1.807) is 12.1 Å². The average Bonchev–Trinajstić information content (AvgIpc) is 2.53. The van der Waals surface area contributed by atoms with Gasteiger partial charge in [-0.2, -0.15) is 5.10 Å². The first-order chi connectivity index (χ1) is 10.8. The molecule has 1 atom stereocenters. The molecule has 0 aliphatic heterocycles. The van der Waals surface area contributed by atoms with E-state index in [1.165, 1.54) is 32.6 Å². The van der Waals surface area contributed by atoms with Crippen molar-refractivity contribution in [2.75, 3.05) is 14.1 Å². The zero-order valence-electron chi connectivity index (χ0n) is 13.7. The molecule has 23 heavy (non-hydrogen) atoms. The minimum atomic E-state index is -3.56. The van der Waals surface area contributed by atoms with Crippen LogP contribution in [0.3, 0.4) is 0 Å². The zero-order chi connectivity index (χ0) is 17.0. The third-order valence-corrected chi connectivity index (χ3v) is 5.88. The lowest BCUT2D eigenvalue weighted by atomic mass is 9.89. The van der Waals surface area contributed by atoms with Crippen molar-refractivity contribution in [3.05, 3.63) is 29.8 Å². The third kappa shape index (κ3) is 4.17. The number of hydrazone groups is 1. The topological polar surface area (TPSA) is 78.8 Å². The number of benzene rings is 1. The highest BCUT2D eigenvalue weighted by atomic mass is 32.2. The van der Waals surface area contributed by atoms with Gasteiger partial charge in [-0.25, -0.2) is 18.1 Å². The molecular weight excluding hydrogens is 314 g/mol. The molecular formula is C16H23N3O3S. The normalized spacial score (nSPS) is 20.7. The van der Waals surface area contributed by atoms with E-state index in [4.69, 9.17) is 0 Å². The SMILES string of the molecule is C[C@H]1CCCC/C1=N/NC(=O)c1cccc(S(=O)(=O)N(C)C)c1. The van der Waals surface area contributed by atoms with E-state index in [-0.39, 0.29) is 10.5 Å². The molecule has 0 bridgehead atoms. The summed E-state index contributed by atoms with van der Waals surface area (Å²) in [6.07, 6.45) is 4.27. The second kappa shape index (κ2) is 7.23. The minimum absolute atomic E-state index is 0.0915. The number of rotatable bonds is 4. The van der Waals surface area contributed by atoms with Crippen molar-refractivity contribution in [2.45, 2.75) is 37.5 Å². The van der Waals surface area contributed by atoms with E-state index in [2.05, 4.69) is 17.5 Å². The predicted octanol–water partition coefficient (Wildman–Crippen LogP) is 2.23. The lowest BCUT2D eigenvalue weighted by Crippen LogP contribution is -2.25. The van der Waals surface area contributed by atoms with E-state index >= 15 is 0 Å². The third-order valence-electron chi connectivity index (χ3n) is 4.06. The monoisotopic (exact) mass is 337 g/mol. The van der Waals surface area contributed by atoms with Gasteiger partial charge in [0, 0.05) is 25.4 Å². The maximum Gasteiger partial charge on any atom is 0.271 e. The Morgan fingerprint density at radius 3 is 2.70 bits per heavy atom. The maximum atomic E-state index is 12.2. The summed E-state index contributed by atoms with van der Waals surface area (Å²) in [5, 5.41) is 4.22. The largest absolute Gasteiger partial charge is 0.271 e. The van der Waals surface area contributed by atoms with E-state index in [0.29, 0.717) is 5.92 Å². The second-order valence-corrected chi connectivity index (χ2v) is 8.16. The molecule has 1 N–H and O–H groups in total. The van der Waals surface area contributed by atoms with Crippen LogP contribution in [0.4, 0.5) is 0 Å². The van der Waals surface area contributed by atoms with Crippen molar-refractivity contribution in [1.29, 1.82) is 0 Å². The summed E-state index contributed by atoms with van der Waals surface area (Å²) in [7, 11) is -0.646. The molecule has 0 aromatic heterocycles. The Bertz CT molecular complexity index is 711. The van der Waals surface area contributed by atoms with Crippen LogP contribution in [0.15, 0.2) is 34.3 Å². The van der Waals surface area contributed by atoms with Crippen molar-refractivity contribution in [1.82, 2.24) is 9.73 Å². The van der Waals surface area contributed by atoms with Crippen LogP contribution in [0.25, 0.3) is 0 Å². The molecule has 0 saturated heterocycles. The second-order valence-electron chi connectivity index (χ2n) is 6.01. The van der Waals surface area contributed by atoms with E-state index in [1.807, 2.05) is 0 Å². The fourth-order valence-corrected chi connectivity index (χ4v) is 3.48. The van der Waals surface area contributed by atoms with Crippen LogP contribution in [-0.4, -0.2) is 38.4 Å². The Labute approximate surface area is 137 Å². The van der Waals surface area contributed by atoms with Gasteiger partial charge in [0.1, 0.15) is 0 Å². The summed E-state index contributed by atoms with van der Waals surface area (Å²) in [6.45, 7) is 2.11. The summed E-state index contributed by atoms with van der Waals surface area (Å²) in [4.78, 5) is 12.3. The lowest BCUT2D eigenvalue weighted by molar-refractivity contribution is 0.0954. The van der Waals surface area contributed by atoms with Gasteiger partial charge in [-0.05, 0) is 43.4 Å². The van der Waals surface area contributed by atoms with Gasteiger partial charge >= 0.3 is 0 Å². The van der Waals surface area contributed by atoms with Crippen molar-refractivity contribution in [3.8, 4) is 0 Å². The first kappa shape index (κ1) is 17.6. The number of nitrogens with one attached hydrogen (secondary N) is 1. The Balaban J connectivity index is 2.16. The zero-order valence-corrected chi connectivity index (χ0v) is 14.6.